The van der Waals surface area contributed by atoms with Gasteiger partial charge in [0.2, 0.25) is 0 Å². The van der Waals surface area contributed by atoms with Crippen LogP contribution in [0.2, 0.25) is 0 Å². The third-order valence-corrected chi connectivity index (χ3v) is 4.89. The van der Waals surface area contributed by atoms with Crippen molar-refractivity contribution in [1.29, 1.82) is 0 Å². The Hall–Kier alpha value is -0.990. The number of ether oxygens (including phenoxy) is 1. The summed E-state index contributed by atoms with van der Waals surface area (Å²) in [5, 5.41) is 9.45. The normalized spacial score (nSPS) is 20.2. The highest BCUT2D eigenvalue weighted by molar-refractivity contribution is 5.72. The van der Waals surface area contributed by atoms with Gasteiger partial charge in [0.1, 0.15) is 6.10 Å². The van der Waals surface area contributed by atoms with Gasteiger partial charge in [0, 0.05) is 6.42 Å². The number of esters is 1. The standard InChI is InChI=1S/C16H24F6O3/c1-3-10(2)13(23)25-12(11-7-5-4-6-8-11)9-14(24,15(17,18)19)16(20,21)22/h10-12,24H,3-9H2,1-2H3/t10-,12?/m1/s1. The fraction of sp³-hybridized carbons (Fsp3) is 0.938. The predicted octanol–water partition coefficient (Wildman–Crippen LogP) is 4.77. The smallest absolute Gasteiger partial charge is 0.426 e. The van der Waals surface area contributed by atoms with E-state index in [4.69, 9.17) is 4.74 Å². The molecule has 1 unspecified atom stereocenters. The number of aliphatic hydroxyl groups is 1. The quantitative estimate of drug-likeness (QED) is 0.535. The second kappa shape index (κ2) is 8.14. The molecule has 0 aromatic rings. The number of hydrogen-bond acceptors (Lipinski definition) is 3. The summed E-state index contributed by atoms with van der Waals surface area (Å²) in [7, 11) is 0. The van der Waals surface area contributed by atoms with Gasteiger partial charge in [-0.15, -0.1) is 0 Å². The number of hydrogen-bond donors (Lipinski definition) is 1. The Balaban J connectivity index is 3.10. The van der Waals surface area contributed by atoms with E-state index in [9.17, 15) is 36.2 Å². The van der Waals surface area contributed by atoms with Crippen LogP contribution >= 0.6 is 0 Å². The Morgan fingerprint density at radius 1 is 1.08 bits per heavy atom. The van der Waals surface area contributed by atoms with Gasteiger partial charge in [-0.1, -0.05) is 33.1 Å². The zero-order valence-corrected chi connectivity index (χ0v) is 14.2. The molecule has 0 amide bonds. The van der Waals surface area contributed by atoms with E-state index in [0.717, 1.165) is 6.42 Å². The van der Waals surface area contributed by atoms with Gasteiger partial charge in [-0.2, -0.15) is 26.3 Å². The van der Waals surface area contributed by atoms with Crippen LogP contribution in [0.15, 0.2) is 0 Å². The maximum atomic E-state index is 13.0. The van der Waals surface area contributed by atoms with E-state index in [-0.39, 0.29) is 0 Å². The molecule has 1 aliphatic carbocycles. The van der Waals surface area contributed by atoms with Crippen molar-refractivity contribution in [2.75, 3.05) is 0 Å². The van der Waals surface area contributed by atoms with E-state index in [1.54, 1.807) is 6.92 Å². The zero-order valence-electron chi connectivity index (χ0n) is 14.2. The van der Waals surface area contributed by atoms with Crippen LogP contribution in [-0.2, 0) is 9.53 Å². The number of halogens is 6. The summed E-state index contributed by atoms with van der Waals surface area (Å²) in [6.07, 6.45) is -12.0. The van der Waals surface area contributed by atoms with Crippen LogP contribution in [0, 0.1) is 11.8 Å². The fourth-order valence-corrected chi connectivity index (χ4v) is 2.93. The zero-order chi connectivity index (χ0) is 19.5. The Morgan fingerprint density at radius 2 is 1.56 bits per heavy atom. The Morgan fingerprint density at radius 3 is 1.96 bits per heavy atom. The van der Waals surface area contributed by atoms with Crippen molar-refractivity contribution >= 4 is 5.97 Å². The molecule has 1 aliphatic rings. The average Bonchev–Trinajstić information content (AvgIpc) is 2.51. The van der Waals surface area contributed by atoms with E-state index in [2.05, 4.69) is 0 Å². The van der Waals surface area contributed by atoms with Crippen molar-refractivity contribution in [2.24, 2.45) is 11.8 Å². The molecule has 0 heterocycles. The van der Waals surface area contributed by atoms with E-state index in [1.807, 2.05) is 0 Å². The largest absolute Gasteiger partial charge is 0.462 e. The highest BCUT2D eigenvalue weighted by atomic mass is 19.4. The molecule has 0 aromatic carbocycles. The Kier molecular flexibility index (Phi) is 7.18. The molecule has 1 N–H and O–H groups in total. The topological polar surface area (TPSA) is 46.5 Å². The lowest BCUT2D eigenvalue weighted by molar-refractivity contribution is -0.375. The van der Waals surface area contributed by atoms with Crippen molar-refractivity contribution in [2.45, 2.75) is 82.9 Å². The lowest BCUT2D eigenvalue weighted by atomic mass is 9.80. The van der Waals surface area contributed by atoms with Crippen LogP contribution < -0.4 is 0 Å². The summed E-state index contributed by atoms with van der Waals surface area (Å²) >= 11 is 0. The molecule has 0 aliphatic heterocycles. The third-order valence-electron chi connectivity index (χ3n) is 4.89. The first-order chi connectivity index (χ1) is 11.3. The molecule has 1 saturated carbocycles. The molecule has 3 nitrogen and oxygen atoms in total. The van der Waals surface area contributed by atoms with E-state index < -0.39 is 48.3 Å². The SMILES string of the molecule is CC[C@@H](C)C(=O)OC(CC(O)(C(F)(F)F)C(F)(F)F)C1CCCCC1. The molecule has 0 radical (unpaired) electrons. The molecular weight excluding hydrogens is 354 g/mol. The van der Waals surface area contributed by atoms with Crippen LogP contribution in [0.5, 0.6) is 0 Å². The van der Waals surface area contributed by atoms with E-state index in [0.29, 0.717) is 32.1 Å². The van der Waals surface area contributed by atoms with Crippen LogP contribution in [-0.4, -0.2) is 35.1 Å². The van der Waals surface area contributed by atoms with E-state index >= 15 is 0 Å². The van der Waals surface area contributed by atoms with Crippen molar-refractivity contribution in [3.8, 4) is 0 Å². The van der Waals surface area contributed by atoms with Crippen molar-refractivity contribution < 1.29 is 41.0 Å². The molecule has 1 fully saturated rings. The monoisotopic (exact) mass is 378 g/mol. The molecule has 1 rings (SSSR count). The maximum Gasteiger partial charge on any atom is 0.426 e. The molecule has 0 spiro atoms. The minimum absolute atomic E-state index is 0.346. The van der Waals surface area contributed by atoms with E-state index in [1.165, 1.54) is 6.92 Å². The number of alkyl halides is 6. The highest BCUT2D eigenvalue weighted by Crippen LogP contribution is 2.47. The first kappa shape index (κ1) is 22.1. The molecule has 0 aromatic heterocycles. The molecule has 9 heteroatoms. The molecule has 25 heavy (non-hydrogen) atoms. The average molecular weight is 378 g/mol. The highest BCUT2D eigenvalue weighted by Gasteiger charge is 2.71. The number of carbonyl (C=O) groups excluding carboxylic acids is 1. The first-order valence-electron chi connectivity index (χ1n) is 8.39. The van der Waals surface area contributed by atoms with Crippen LogP contribution in [0.1, 0.15) is 58.8 Å². The third kappa shape index (κ3) is 5.24. The van der Waals surface area contributed by atoms with Crippen LogP contribution in [0.3, 0.4) is 0 Å². The fourth-order valence-electron chi connectivity index (χ4n) is 2.93. The Labute approximate surface area is 142 Å². The van der Waals surface area contributed by atoms with Gasteiger partial charge in [-0.25, -0.2) is 0 Å². The molecule has 0 bridgehead atoms. The number of carbonyl (C=O) groups is 1. The summed E-state index contributed by atoms with van der Waals surface area (Å²) in [6, 6.07) is 0. The first-order valence-corrected chi connectivity index (χ1v) is 8.39. The second-order valence-electron chi connectivity index (χ2n) is 6.74. The minimum Gasteiger partial charge on any atom is -0.462 e. The molecule has 2 atom stereocenters. The maximum absolute atomic E-state index is 13.0. The molecule has 148 valence electrons. The lowest BCUT2D eigenvalue weighted by Gasteiger charge is -2.38. The lowest BCUT2D eigenvalue weighted by Crippen LogP contribution is -2.59. The van der Waals surface area contributed by atoms with Gasteiger partial charge >= 0.3 is 18.3 Å². The second-order valence-corrected chi connectivity index (χ2v) is 6.74. The minimum atomic E-state index is -5.92. The summed E-state index contributed by atoms with van der Waals surface area (Å²) in [5.74, 6) is -2.11. The van der Waals surface area contributed by atoms with Gasteiger partial charge < -0.3 is 9.84 Å². The Bertz CT molecular complexity index is 426. The predicted molar refractivity (Wildman–Crippen MR) is 77.6 cm³/mol. The van der Waals surface area contributed by atoms with Crippen molar-refractivity contribution in [3.05, 3.63) is 0 Å². The van der Waals surface area contributed by atoms with Crippen LogP contribution in [0.25, 0.3) is 0 Å². The van der Waals surface area contributed by atoms with Crippen molar-refractivity contribution in [3.63, 3.8) is 0 Å². The van der Waals surface area contributed by atoms with Crippen LogP contribution in [0.4, 0.5) is 26.3 Å². The van der Waals surface area contributed by atoms with Gasteiger partial charge in [0.05, 0.1) is 5.92 Å². The molecular formula is C16H24F6O3. The van der Waals surface area contributed by atoms with Crippen molar-refractivity contribution in [1.82, 2.24) is 0 Å². The van der Waals surface area contributed by atoms with Gasteiger partial charge in [0.25, 0.3) is 5.60 Å². The van der Waals surface area contributed by atoms with Gasteiger partial charge in [0.15, 0.2) is 0 Å². The summed E-state index contributed by atoms with van der Waals surface area (Å²) < 4.78 is 82.9. The molecule has 0 saturated heterocycles. The number of rotatable bonds is 6. The summed E-state index contributed by atoms with van der Waals surface area (Å²) in [6.45, 7) is 3.14. The summed E-state index contributed by atoms with van der Waals surface area (Å²) in [4.78, 5) is 11.9. The van der Waals surface area contributed by atoms with Gasteiger partial charge in [-0.3, -0.25) is 4.79 Å². The summed E-state index contributed by atoms with van der Waals surface area (Å²) in [5.41, 5.74) is -4.90. The van der Waals surface area contributed by atoms with Gasteiger partial charge in [-0.05, 0) is 25.2 Å².